The average molecular weight is 1590 g/mol. The molecule has 0 aliphatic rings. The van der Waals surface area contributed by atoms with E-state index in [1.165, 1.54) is 132 Å². The molecule has 0 amide bonds. The molecule has 0 N–H and O–H groups in total. The van der Waals surface area contributed by atoms with E-state index in [9.17, 15) is 0 Å². The largest absolute Gasteiger partial charge is 0.456 e. The Morgan fingerprint density at radius 1 is 0.185 bits per heavy atom. The van der Waals surface area contributed by atoms with Crippen molar-refractivity contribution in [1.82, 2.24) is 0 Å². The predicted octanol–water partition coefficient (Wildman–Crippen LogP) is 25.9. The van der Waals surface area contributed by atoms with Crippen molar-refractivity contribution in [3.05, 3.63) is 473 Å². The summed E-state index contributed by atoms with van der Waals surface area (Å²) in [6, 6.07) is 174. The van der Waals surface area contributed by atoms with Crippen LogP contribution < -0.4 is 51.3 Å². The molecule has 0 atom stereocenters. The van der Waals surface area contributed by atoms with Crippen molar-refractivity contribution in [3.63, 3.8) is 0 Å². The zero-order valence-electron chi connectivity index (χ0n) is 65.2. The van der Waals surface area contributed by atoms with Gasteiger partial charge in [-0.05, 0) is 152 Å². The van der Waals surface area contributed by atoms with Gasteiger partial charge in [-0.25, -0.2) is 0 Å². The molecule has 0 saturated carbocycles. The van der Waals surface area contributed by atoms with Crippen LogP contribution in [0.4, 0.5) is 34.1 Å². The molecule has 562 valence electrons. The maximum Gasteiger partial charge on any atom is 0.179 e. The Kier molecular flexibility index (Phi) is 19.1. The Hall–Kier alpha value is -14.3. The number of hydrogen-bond donors (Lipinski definition) is 0. The summed E-state index contributed by atoms with van der Waals surface area (Å²) < 4.78 is 11.7. The Morgan fingerprint density at radius 3 is 0.941 bits per heavy atom. The molecule has 19 aromatic carbocycles. The lowest BCUT2D eigenvalue weighted by atomic mass is 9.98. The number of nitrogens with zero attached hydrogens (tertiary/aromatic N) is 2. The van der Waals surface area contributed by atoms with E-state index < -0.39 is 16.1 Å². The van der Waals surface area contributed by atoms with Crippen molar-refractivity contribution in [2.75, 3.05) is 9.80 Å². The monoisotopic (exact) mass is 1590 g/mol. The van der Waals surface area contributed by atoms with Crippen molar-refractivity contribution in [2.45, 2.75) is 0 Å². The van der Waals surface area contributed by atoms with E-state index in [0.717, 1.165) is 50.4 Å². The van der Waals surface area contributed by atoms with Crippen LogP contribution in [0.5, 0.6) is 0 Å². The van der Waals surface area contributed by atoms with Gasteiger partial charge in [0.1, 0.15) is 11.2 Å². The Labute approximate surface area is 702 Å². The maximum absolute atomic E-state index is 6.55. The van der Waals surface area contributed by atoms with Crippen LogP contribution in [0.1, 0.15) is 0 Å². The van der Waals surface area contributed by atoms with Gasteiger partial charge in [0.15, 0.2) is 16.1 Å². The lowest BCUT2D eigenvalue weighted by Gasteiger charge is -2.35. The van der Waals surface area contributed by atoms with Gasteiger partial charge < -0.3 is 14.2 Å². The molecule has 22 rings (SSSR count). The molecule has 0 fully saturated rings. The second-order valence-electron chi connectivity index (χ2n) is 30.4. The summed E-state index contributed by atoms with van der Waals surface area (Å²) in [5.74, 6) is 0. The minimum atomic E-state index is -2.81. The van der Waals surface area contributed by atoms with E-state index in [2.05, 4.69) is 477 Å². The van der Waals surface area contributed by atoms with Crippen molar-refractivity contribution in [2.24, 2.45) is 0 Å². The quantitative estimate of drug-likeness (QED) is 0.0669. The second-order valence-corrected chi connectivity index (χ2v) is 40.1. The van der Waals surface area contributed by atoms with E-state index in [1.807, 2.05) is 28.7 Å². The van der Waals surface area contributed by atoms with Gasteiger partial charge in [0.2, 0.25) is 0 Å². The fraction of sp³-hybridized carbons (Fsp3) is 0. The normalized spacial score (nSPS) is 11.7. The number of anilines is 6. The Morgan fingerprint density at radius 2 is 0.487 bits per heavy atom. The Balaban J connectivity index is 0.000000148. The molecule has 0 radical (unpaired) electrons. The van der Waals surface area contributed by atoms with E-state index in [-0.39, 0.29) is 0 Å². The first-order chi connectivity index (χ1) is 59.0. The smallest absolute Gasteiger partial charge is 0.179 e. The summed E-state index contributed by atoms with van der Waals surface area (Å²) >= 11 is 3.77. The van der Waals surface area contributed by atoms with Crippen molar-refractivity contribution < 1.29 is 4.42 Å². The second kappa shape index (κ2) is 31.4. The molecule has 0 aliphatic carbocycles. The number of hydrogen-bond acceptors (Lipinski definition) is 5. The SMILES string of the molecule is c1ccc(-c2cccc3c2sc2c(N(c4ccc(-c5cccc6ccccc56)cc4)c4cccc([Si](c5ccccc5)(c5ccccc5)c5ccccc5)c4)cccc23)cc1.c1ccc(-c2cccc3c2sc2c(N(c4cccc([Si](c5ccccc5)(c5ccccc5)c5ccccc5)c4)c4ccc5c(c4)oc4ccccc45)cccc23)cc1. The molecule has 0 unspecified atom stereocenters. The van der Waals surface area contributed by atoms with Gasteiger partial charge in [-0.1, -0.05) is 400 Å². The maximum atomic E-state index is 6.55. The average Bonchev–Trinajstić information content (AvgIpc) is 1.24. The van der Waals surface area contributed by atoms with Crippen LogP contribution in [-0.2, 0) is 0 Å². The van der Waals surface area contributed by atoms with E-state index >= 15 is 0 Å². The Bertz CT molecular complexity index is 7210. The lowest BCUT2D eigenvalue weighted by molar-refractivity contribution is 0.669. The third kappa shape index (κ3) is 12.9. The molecular formula is C112H78N2OS2Si2. The van der Waals surface area contributed by atoms with Gasteiger partial charge >= 0.3 is 0 Å². The van der Waals surface area contributed by atoms with Crippen molar-refractivity contribution in [3.8, 4) is 33.4 Å². The first-order valence-corrected chi connectivity index (χ1v) is 46.3. The zero-order valence-corrected chi connectivity index (χ0v) is 68.8. The molecule has 0 saturated heterocycles. The van der Waals surface area contributed by atoms with Crippen LogP contribution in [0, 0.1) is 0 Å². The standard InChI is InChI=1S/C58H41NSSi.C54H37NOSSi/c1-5-19-43(20-6-1)53-33-17-34-54-55-35-18-36-56(58(55)60-57(53)54)59(45-39-37-44(38-40-45)52-32-15-22-42-21-13-14-31-51(42)52)46-23-16-30-50(41-46)61(47-24-7-2-8-25-47,48-26-9-3-10-27-48)49-28-11-4-12-29-49;1-5-18-38(19-6-1)45-29-16-30-48-49-31-17-32-50(54(49)57-53(45)48)55(40-34-35-47-46-28-13-14-33-51(46)56-52(47)37-40)39-20-15-27-44(36-39)58(41-21-7-2-8-22-41,42-23-9-3-10-24-42)43-25-11-4-12-26-43/h1-41H;1-37H. The molecular weight excluding hydrogens is 1510 g/mol. The van der Waals surface area contributed by atoms with Gasteiger partial charge in [-0.3, -0.25) is 0 Å². The summed E-state index contributed by atoms with van der Waals surface area (Å²) in [5.41, 5.74) is 15.9. The number of furan rings is 1. The first kappa shape index (κ1) is 72.4. The molecule has 3 aromatic heterocycles. The van der Waals surface area contributed by atoms with Gasteiger partial charge in [-0.2, -0.15) is 0 Å². The number of fused-ring (bicyclic) bond motifs is 10. The summed E-state index contributed by atoms with van der Waals surface area (Å²) in [6.07, 6.45) is 0. The predicted molar refractivity (Wildman–Crippen MR) is 516 cm³/mol. The highest BCUT2D eigenvalue weighted by Crippen LogP contribution is 2.50. The fourth-order valence-corrected chi connectivity index (χ4v) is 30.8. The summed E-state index contributed by atoms with van der Waals surface area (Å²) in [6.45, 7) is 0. The van der Waals surface area contributed by atoms with Gasteiger partial charge in [-0.15, -0.1) is 22.7 Å². The molecule has 3 nitrogen and oxygen atoms in total. The molecule has 0 bridgehead atoms. The highest BCUT2D eigenvalue weighted by atomic mass is 32.1. The third-order valence-corrected chi connectivity index (χ3v) is 35.9. The van der Waals surface area contributed by atoms with Gasteiger partial charge in [0.25, 0.3) is 0 Å². The van der Waals surface area contributed by atoms with Crippen LogP contribution in [-0.4, -0.2) is 16.1 Å². The number of benzene rings is 19. The van der Waals surface area contributed by atoms with Crippen LogP contribution in [0.2, 0.25) is 0 Å². The highest BCUT2D eigenvalue weighted by molar-refractivity contribution is 7.27. The fourth-order valence-electron chi connectivity index (χ4n) is 18.5. The summed E-state index contributed by atoms with van der Waals surface area (Å²) in [7, 11) is -5.62. The molecule has 3 heterocycles. The minimum Gasteiger partial charge on any atom is -0.456 e. The van der Waals surface area contributed by atoms with Crippen molar-refractivity contribution in [1.29, 1.82) is 0 Å². The molecule has 119 heavy (non-hydrogen) atoms. The minimum absolute atomic E-state index is 0.872. The van der Waals surface area contributed by atoms with Crippen molar-refractivity contribution >= 4 is 187 Å². The first-order valence-electron chi connectivity index (χ1n) is 40.7. The van der Waals surface area contributed by atoms with E-state index in [0.29, 0.717) is 0 Å². The third-order valence-electron chi connectivity index (χ3n) is 23.8. The lowest BCUT2D eigenvalue weighted by Crippen LogP contribution is -2.74. The van der Waals surface area contributed by atoms with Gasteiger partial charge in [0.05, 0.1) is 20.8 Å². The van der Waals surface area contributed by atoms with E-state index in [1.54, 1.807) is 0 Å². The van der Waals surface area contributed by atoms with Crippen LogP contribution in [0.25, 0.3) is 106 Å². The van der Waals surface area contributed by atoms with Crippen LogP contribution >= 0.6 is 22.7 Å². The number of para-hydroxylation sites is 1. The van der Waals surface area contributed by atoms with Gasteiger partial charge in [0, 0.05) is 70.5 Å². The molecule has 22 aromatic rings. The number of thiophene rings is 2. The summed E-state index contributed by atoms with van der Waals surface area (Å²) in [5, 5.41) is 20.6. The number of rotatable bonds is 17. The van der Waals surface area contributed by atoms with Crippen LogP contribution in [0.15, 0.2) is 478 Å². The molecule has 0 aliphatic heterocycles. The van der Waals surface area contributed by atoms with Crippen LogP contribution in [0.3, 0.4) is 0 Å². The highest BCUT2D eigenvalue weighted by Gasteiger charge is 2.43. The topological polar surface area (TPSA) is 19.6 Å². The zero-order chi connectivity index (χ0) is 79.1. The molecule has 7 heteroatoms. The molecule has 0 spiro atoms. The summed E-state index contributed by atoms with van der Waals surface area (Å²) in [4.78, 5) is 4.95. The van der Waals surface area contributed by atoms with E-state index in [4.69, 9.17) is 4.42 Å².